The van der Waals surface area contributed by atoms with Gasteiger partial charge in [0.05, 0.1) is 27.2 Å². The van der Waals surface area contributed by atoms with Crippen LogP contribution in [0.2, 0.25) is 0 Å². The van der Waals surface area contributed by atoms with Crippen molar-refractivity contribution in [1.82, 2.24) is 0 Å². The van der Waals surface area contributed by atoms with Gasteiger partial charge >= 0.3 is 5.97 Å². The van der Waals surface area contributed by atoms with Gasteiger partial charge < -0.3 is 38.3 Å². The third-order valence-electron chi connectivity index (χ3n) is 6.11. The lowest BCUT2D eigenvalue weighted by Crippen LogP contribution is -3.00. The maximum Gasteiger partial charge on any atom is 0.343 e. The molecule has 2 aliphatic rings. The highest BCUT2D eigenvalue weighted by Crippen LogP contribution is 2.40. The molecule has 4 nitrogen and oxygen atoms in total. The first-order chi connectivity index (χ1) is 11.9. The summed E-state index contributed by atoms with van der Waals surface area (Å²) in [6.07, 6.45) is 6.76. The highest BCUT2D eigenvalue weighted by atomic mass is 127. The number of ether oxygens (including phenoxy) is 1. The molecule has 0 bridgehead atoms. The number of carbonyl (C=O) groups is 1. The fourth-order valence-electron chi connectivity index (χ4n) is 4.33. The molecule has 0 aromatic heterocycles. The lowest BCUT2D eigenvalue weighted by Gasteiger charge is -2.40. The Morgan fingerprint density at radius 2 is 1.62 bits per heavy atom. The van der Waals surface area contributed by atoms with Crippen molar-refractivity contribution in [3.05, 3.63) is 35.9 Å². The third-order valence-corrected chi connectivity index (χ3v) is 6.11. The lowest BCUT2D eigenvalue weighted by atomic mass is 9.73. The van der Waals surface area contributed by atoms with Gasteiger partial charge in [-0.15, -0.1) is 0 Å². The molecular weight excluding hydrogens is 441 g/mol. The van der Waals surface area contributed by atoms with Gasteiger partial charge in [0, 0.05) is 18.8 Å². The van der Waals surface area contributed by atoms with Crippen LogP contribution in [0, 0.1) is 5.92 Å². The summed E-state index contributed by atoms with van der Waals surface area (Å²) in [6.45, 7) is 2.01. The van der Waals surface area contributed by atoms with Crippen molar-refractivity contribution in [2.45, 2.75) is 56.7 Å². The minimum Gasteiger partial charge on any atom is -1.00 e. The van der Waals surface area contributed by atoms with E-state index in [1.165, 1.54) is 6.42 Å². The van der Waals surface area contributed by atoms with Crippen LogP contribution in [0.15, 0.2) is 30.3 Å². The number of quaternary nitrogens is 1. The van der Waals surface area contributed by atoms with E-state index in [4.69, 9.17) is 4.74 Å². The Hall–Kier alpha value is -0.660. The number of benzene rings is 1. The van der Waals surface area contributed by atoms with Gasteiger partial charge in [0.1, 0.15) is 6.10 Å². The number of likely N-dealkylation sites (tertiary alicyclic amines) is 1. The summed E-state index contributed by atoms with van der Waals surface area (Å²) in [5.74, 6) is -0.491. The van der Waals surface area contributed by atoms with Crippen LogP contribution in [0.5, 0.6) is 0 Å². The van der Waals surface area contributed by atoms with Crippen molar-refractivity contribution in [3.8, 4) is 0 Å². The van der Waals surface area contributed by atoms with Gasteiger partial charge in [-0.2, -0.15) is 0 Å². The van der Waals surface area contributed by atoms with Crippen LogP contribution in [0.25, 0.3) is 0 Å². The molecular formula is C21H32INO3. The minimum absolute atomic E-state index is 0. The van der Waals surface area contributed by atoms with E-state index in [2.05, 4.69) is 14.1 Å². The molecule has 1 aromatic rings. The van der Waals surface area contributed by atoms with Crippen LogP contribution in [0.1, 0.15) is 50.5 Å². The van der Waals surface area contributed by atoms with E-state index in [-0.39, 0.29) is 36.0 Å². The Labute approximate surface area is 174 Å². The third kappa shape index (κ3) is 4.78. The van der Waals surface area contributed by atoms with E-state index in [0.717, 1.165) is 56.1 Å². The summed E-state index contributed by atoms with van der Waals surface area (Å²) in [6, 6.07) is 9.40. The molecule has 1 N–H and O–H groups in total. The molecule has 0 radical (unpaired) electrons. The highest BCUT2D eigenvalue weighted by molar-refractivity contribution is 5.81. The Balaban J connectivity index is 0.00000243. The summed E-state index contributed by atoms with van der Waals surface area (Å²) < 4.78 is 6.83. The van der Waals surface area contributed by atoms with Crippen LogP contribution in [0.3, 0.4) is 0 Å². The summed E-state index contributed by atoms with van der Waals surface area (Å²) >= 11 is 0. The van der Waals surface area contributed by atoms with Gasteiger partial charge in [-0.3, -0.25) is 0 Å². The Bertz CT molecular complexity index is 576. The smallest absolute Gasteiger partial charge is 0.343 e. The summed E-state index contributed by atoms with van der Waals surface area (Å²) in [4.78, 5) is 13.1. The average Bonchev–Trinajstić information content (AvgIpc) is 2.64. The molecule has 1 saturated heterocycles. The summed E-state index contributed by atoms with van der Waals surface area (Å²) in [5.41, 5.74) is -0.831. The monoisotopic (exact) mass is 473 g/mol. The van der Waals surface area contributed by atoms with Gasteiger partial charge in [-0.05, 0) is 18.4 Å². The fourth-order valence-corrected chi connectivity index (χ4v) is 4.33. The zero-order chi connectivity index (χ0) is 17.9. The number of halogens is 1. The van der Waals surface area contributed by atoms with Gasteiger partial charge in [-0.1, -0.05) is 49.6 Å². The predicted molar refractivity (Wildman–Crippen MR) is 97.9 cm³/mol. The number of hydrogen-bond acceptors (Lipinski definition) is 3. The first-order valence-electron chi connectivity index (χ1n) is 9.73. The van der Waals surface area contributed by atoms with Crippen LogP contribution < -0.4 is 24.0 Å². The van der Waals surface area contributed by atoms with E-state index in [1.54, 1.807) is 0 Å². The maximum absolute atomic E-state index is 13.1. The number of piperidine rings is 1. The Kier molecular flexibility index (Phi) is 7.51. The quantitative estimate of drug-likeness (QED) is 0.388. The van der Waals surface area contributed by atoms with E-state index >= 15 is 0 Å². The Morgan fingerprint density at radius 3 is 2.19 bits per heavy atom. The van der Waals surface area contributed by atoms with Gasteiger partial charge in [0.2, 0.25) is 0 Å². The number of rotatable bonds is 4. The molecule has 1 aliphatic carbocycles. The predicted octanol–water partition coefficient (Wildman–Crippen LogP) is 0.241. The van der Waals surface area contributed by atoms with Crippen LogP contribution in [-0.2, 0) is 15.1 Å². The summed E-state index contributed by atoms with van der Waals surface area (Å²) in [7, 11) is 4.42. The van der Waals surface area contributed by atoms with E-state index in [0.29, 0.717) is 5.56 Å². The second-order valence-corrected chi connectivity index (χ2v) is 8.45. The largest absolute Gasteiger partial charge is 1.00 e. The van der Waals surface area contributed by atoms with Crippen LogP contribution >= 0.6 is 0 Å². The van der Waals surface area contributed by atoms with Crippen LogP contribution in [-0.4, -0.2) is 48.8 Å². The second-order valence-electron chi connectivity index (χ2n) is 8.45. The van der Waals surface area contributed by atoms with Gasteiger partial charge in [0.25, 0.3) is 0 Å². The van der Waals surface area contributed by atoms with Gasteiger partial charge in [-0.25, -0.2) is 4.79 Å². The molecule has 1 saturated carbocycles. The molecule has 26 heavy (non-hydrogen) atoms. The number of esters is 1. The molecule has 2 fully saturated rings. The second kappa shape index (κ2) is 9.02. The van der Waals surface area contributed by atoms with E-state index in [1.807, 2.05) is 30.3 Å². The minimum atomic E-state index is -1.51. The first-order valence-corrected chi connectivity index (χ1v) is 9.73. The normalized spacial score (nSPS) is 23.5. The molecule has 1 heterocycles. The average molecular weight is 473 g/mol. The molecule has 1 aliphatic heterocycles. The van der Waals surface area contributed by atoms with Crippen molar-refractivity contribution >= 4 is 5.97 Å². The SMILES string of the molecule is C[N+]1(C)CCC(OC(=O)[C@](O)(c2ccccc2)C2CCCCC2)CC1.[I-]. The Morgan fingerprint density at radius 1 is 1.04 bits per heavy atom. The molecule has 3 rings (SSSR count). The topological polar surface area (TPSA) is 46.5 Å². The zero-order valence-corrected chi connectivity index (χ0v) is 18.2. The molecule has 5 heteroatoms. The van der Waals surface area contributed by atoms with E-state index < -0.39 is 11.6 Å². The molecule has 0 spiro atoms. The molecule has 146 valence electrons. The number of carbonyl (C=O) groups excluding carboxylic acids is 1. The van der Waals surface area contributed by atoms with E-state index in [9.17, 15) is 9.90 Å². The number of nitrogens with zero attached hydrogens (tertiary/aromatic N) is 1. The maximum atomic E-state index is 13.1. The molecule has 0 unspecified atom stereocenters. The molecule has 1 atom stereocenters. The molecule has 1 aromatic carbocycles. The standard InChI is InChI=1S/C21H32NO3.HI/c1-22(2)15-13-19(14-16-22)25-20(23)21(24,17-9-5-3-6-10-17)18-11-7-4-8-12-18;/h3,5-6,9-10,18-19,24H,4,7-8,11-16H2,1-2H3;1H/q+1;/p-1/t21-;/m0./s1. The van der Waals surface area contributed by atoms with Gasteiger partial charge in [0.15, 0.2) is 5.60 Å². The first kappa shape index (κ1) is 21.6. The van der Waals surface area contributed by atoms with Crippen molar-refractivity contribution < 1.29 is 43.1 Å². The summed E-state index contributed by atoms with van der Waals surface area (Å²) in [5, 5.41) is 11.5. The van der Waals surface area contributed by atoms with Crippen LogP contribution in [0.4, 0.5) is 0 Å². The fraction of sp³-hybridized carbons (Fsp3) is 0.667. The van der Waals surface area contributed by atoms with Crippen molar-refractivity contribution in [2.75, 3.05) is 27.2 Å². The number of aliphatic hydroxyl groups is 1. The van der Waals surface area contributed by atoms with Crippen molar-refractivity contribution in [1.29, 1.82) is 0 Å². The van der Waals surface area contributed by atoms with Crippen molar-refractivity contribution in [2.24, 2.45) is 5.92 Å². The lowest BCUT2D eigenvalue weighted by molar-refractivity contribution is -0.896. The molecule has 0 amide bonds. The zero-order valence-electron chi connectivity index (χ0n) is 16.0. The highest BCUT2D eigenvalue weighted by Gasteiger charge is 2.48. The van der Waals surface area contributed by atoms with Crippen molar-refractivity contribution in [3.63, 3.8) is 0 Å². The number of hydrogen-bond donors (Lipinski definition) is 1.